The van der Waals surface area contributed by atoms with Crippen molar-refractivity contribution in [3.63, 3.8) is 0 Å². The monoisotopic (exact) mass is 459 g/mol. The second-order valence-electron chi connectivity index (χ2n) is 9.08. The number of nitrogens with one attached hydrogen (secondary N) is 1. The second-order valence-corrected chi connectivity index (χ2v) is 10.2. The van der Waals surface area contributed by atoms with E-state index in [0.717, 1.165) is 86.4 Å². The molecule has 3 aliphatic rings. The first kappa shape index (κ1) is 22.1. The van der Waals surface area contributed by atoms with Gasteiger partial charge in [-0.3, -0.25) is 9.69 Å². The lowest BCUT2D eigenvalue weighted by Gasteiger charge is -2.38. The molecule has 3 heterocycles. The molecular formula is C24H33N3O4S. The number of amides is 1. The van der Waals surface area contributed by atoms with Gasteiger partial charge < -0.3 is 19.9 Å². The third-order valence-corrected chi connectivity index (χ3v) is 8.30. The number of ether oxygens (including phenoxy) is 2. The van der Waals surface area contributed by atoms with Gasteiger partial charge in [-0.1, -0.05) is 0 Å². The zero-order valence-corrected chi connectivity index (χ0v) is 19.4. The second kappa shape index (κ2) is 10.0. The van der Waals surface area contributed by atoms with E-state index in [1.54, 1.807) is 11.3 Å². The number of aryl methyl sites for hydroxylation is 1. The zero-order chi connectivity index (χ0) is 21.9. The van der Waals surface area contributed by atoms with Crippen molar-refractivity contribution >= 4 is 27.5 Å². The Balaban J connectivity index is 1.30. The summed E-state index contributed by atoms with van der Waals surface area (Å²) in [7, 11) is 0. The minimum atomic E-state index is -0.152. The molecular weight excluding hydrogens is 426 g/mol. The summed E-state index contributed by atoms with van der Waals surface area (Å²) in [5, 5.41) is 13.0. The number of aliphatic hydroxyl groups is 1. The van der Waals surface area contributed by atoms with Gasteiger partial charge in [0.1, 0.15) is 10.6 Å². The molecule has 2 N–H and O–H groups in total. The van der Waals surface area contributed by atoms with Crippen molar-refractivity contribution in [3.05, 3.63) is 22.7 Å². The molecule has 5 rings (SSSR count). The van der Waals surface area contributed by atoms with E-state index < -0.39 is 0 Å². The Labute approximate surface area is 193 Å². The Morgan fingerprint density at radius 3 is 2.84 bits per heavy atom. The average Bonchev–Trinajstić information content (AvgIpc) is 3.40. The predicted molar refractivity (Wildman–Crippen MR) is 124 cm³/mol. The molecule has 0 spiro atoms. The molecule has 7 nitrogen and oxygen atoms in total. The fourth-order valence-electron chi connectivity index (χ4n) is 5.46. The number of carbonyl (C=O) groups is 1. The van der Waals surface area contributed by atoms with E-state index in [0.29, 0.717) is 19.0 Å². The first-order valence-corrected chi connectivity index (χ1v) is 12.8. The summed E-state index contributed by atoms with van der Waals surface area (Å²) in [4.78, 5) is 22.3. The summed E-state index contributed by atoms with van der Waals surface area (Å²) >= 11 is 1.70. The highest BCUT2D eigenvalue weighted by Crippen LogP contribution is 2.47. The van der Waals surface area contributed by atoms with Gasteiger partial charge in [-0.15, -0.1) is 11.3 Å². The van der Waals surface area contributed by atoms with Gasteiger partial charge in [-0.25, -0.2) is 4.98 Å². The van der Waals surface area contributed by atoms with Crippen LogP contribution in [0, 0.1) is 0 Å². The van der Waals surface area contributed by atoms with Gasteiger partial charge in [-0.05, 0) is 56.6 Å². The third-order valence-electron chi connectivity index (χ3n) is 7.13. The maximum Gasteiger partial charge on any atom is 0.227 e. The van der Waals surface area contributed by atoms with Crippen LogP contribution in [-0.2, 0) is 16.0 Å². The number of carbonyl (C=O) groups excluding carboxylic acids is 1. The average molecular weight is 460 g/mol. The summed E-state index contributed by atoms with van der Waals surface area (Å²) in [5.41, 5.74) is 1.12. The highest BCUT2D eigenvalue weighted by atomic mass is 32.1. The van der Waals surface area contributed by atoms with E-state index in [4.69, 9.17) is 14.6 Å². The Hall–Kier alpha value is -1.74. The lowest BCUT2D eigenvalue weighted by molar-refractivity contribution is -0.122. The highest BCUT2D eigenvalue weighted by molar-refractivity contribution is 7.19. The predicted octanol–water partition coefficient (Wildman–Crippen LogP) is 2.85. The fourth-order valence-corrected chi connectivity index (χ4v) is 6.69. The SMILES string of the molecule is O=C(NCCCO)[C@H]1CCc2sc3nccc(O[C@H]4CC[C@H](N5CCOCC5)CC4)c3c21. The number of hydrogen-bond acceptors (Lipinski definition) is 7. The molecule has 2 fully saturated rings. The smallest absolute Gasteiger partial charge is 0.227 e. The molecule has 174 valence electrons. The molecule has 0 bridgehead atoms. The van der Waals surface area contributed by atoms with E-state index >= 15 is 0 Å². The minimum Gasteiger partial charge on any atom is -0.490 e. The Morgan fingerprint density at radius 2 is 2.06 bits per heavy atom. The third kappa shape index (κ3) is 4.51. The molecule has 0 radical (unpaired) electrons. The Bertz CT molecular complexity index is 935. The summed E-state index contributed by atoms with van der Waals surface area (Å²) in [6.45, 7) is 4.39. The molecule has 1 amide bonds. The maximum atomic E-state index is 12.8. The molecule has 2 aromatic heterocycles. The molecule has 32 heavy (non-hydrogen) atoms. The number of morpholine rings is 1. The van der Waals surface area contributed by atoms with Gasteiger partial charge >= 0.3 is 0 Å². The van der Waals surface area contributed by atoms with Crippen molar-refractivity contribution in [3.8, 4) is 5.75 Å². The molecule has 0 aromatic carbocycles. The van der Waals surface area contributed by atoms with Crippen molar-refractivity contribution < 1.29 is 19.4 Å². The van der Waals surface area contributed by atoms with E-state index in [-0.39, 0.29) is 24.5 Å². The van der Waals surface area contributed by atoms with Crippen molar-refractivity contribution in [1.82, 2.24) is 15.2 Å². The molecule has 1 saturated carbocycles. The number of thiophene rings is 1. The number of nitrogens with zero attached hydrogens (tertiary/aromatic N) is 2. The number of fused-ring (bicyclic) bond motifs is 3. The number of aromatic nitrogens is 1. The molecule has 8 heteroatoms. The van der Waals surface area contributed by atoms with Crippen LogP contribution in [0.15, 0.2) is 12.3 Å². The van der Waals surface area contributed by atoms with Crippen molar-refractivity contribution in [2.75, 3.05) is 39.5 Å². The van der Waals surface area contributed by atoms with Gasteiger partial charge in [0.15, 0.2) is 0 Å². The topological polar surface area (TPSA) is 83.9 Å². The van der Waals surface area contributed by atoms with Crippen molar-refractivity contribution in [2.45, 2.75) is 63.0 Å². The maximum absolute atomic E-state index is 12.8. The van der Waals surface area contributed by atoms with Crippen LogP contribution in [0.4, 0.5) is 0 Å². The molecule has 1 saturated heterocycles. The van der Waals surface area contributed by atoms with Crippen LogP contribution in [0.2, 0.25) is 0 Å². The van der Waals surface area contributed by atoms with Crippen LogP contribution >= 0.6 is 11.3 Å². The van der Waals surface area contributed by atoms with Crippen LogP contribution in [0.25, 0.3) is 10.2 Å². The van der Waals surface area contributed by atoms with Gasteiger partial charge in [0, 0.05) is 43.4 Å². The summed E-state index contributed by atoms with van der Waals surface area (Å²) in [6, 6.07) is 2.62. The molecule has 2 aromatic rings. The number of pyridine rings is 1. The van der Waals surface area contributed by atoms with Crippen LogP contribution in [0.5, 0.6) is 5.75 Å². The number of aliphatic hydroxyl groups excluding tert-OH is 1. The number of hydrogen-bond donors (Lipinski definition) is 2. The summed E-state index contributed by atoms with van der Waals surface area (Å²) in [5.74, 6) is 0.788. The quantitative estimate of drug-likeness (QED) is 0.620. The molecule has 0 unspecified atom stereocenters. The lowest BCUT2D eigenvalue weighted by Crippen LogP contribution is -2.46. The minimum absolute atomic E-state index is 0.0534. The molecule has 2 aliphatic carbocycles. The zero-order valence-electron chi connectivity index (χ0n) is 18.6. The van der Waals surface area contributed by atoms with Gasteiger partial charge in [0.25, 0.3) is 0 Å². The van der Waals surface area contributed by atoms with E-state index in [1.807, 2.05) is 12.3 Å². The fraction of sp³-hybridized carbons (Fsp3) is 0.667. The standard InChI is InChI=1S/C24H33N3O4S/c28-13-1-9-25-23(29)18-6-7-20-21(18)22-19(8-10-26-24(22)32-20)31-17-4-2-16(3-5-17)27-11-14-30-15-12-27/h8,10,16-18,28H,1-7,9,11-15H2,(H,25,29)/t16-,17-,18-/m0/s1. The van der Waals surface area contributed by atoms with Gasteiger partial charge in [-0.2, -0.15) is 0 Å². The van der Waals surface area contributed by atoms with Crippen LogP contribution < -0.4 is 10.1 Å². The van der Waals surface area contributed by atoms with Gasteiger partial charge in [0.2, 0.25) is 5.91 Å². The first-order chi connectivity index (χ1) is 15.7. The van der Waals surface area contributed by atoms with Crippen LogP contribution in [0.1, 0.15) is 54.9 Å². The number of rotatable bonds is 7. The Kier molecular flexibility index (Phi) is 6.92. The van der Waals surface area contributed by atoms with Crippen LogP contribution in [0.3, 0.4) is 0 Å². The summed E-state index contributed by atoms with van der Waals surface area (Å²) < 4.78 is 12.1. The normalized spacial score (nSPS) is 26.2. The Morgan fingerprint density at radius 1 is 1.25 bits per heavy atom. The van der Waals surface area contributed by atoms with E-state index in [1.165, 1.54) is 4.88 Å². The van der Waals surface area contributed by atoms with Crippen molar-refractivity contribution in [1.29, 1.82) is 0 Å². The van der Waals surface area contributed by atoms with E-state index in [2.05, 4.69) is 15.2 Å². The van der Waals surface area contributed by atoms with Gasteiger partial charge in [0.05, 0.1) is 30.6 Å². The highest BCUT2D eigenvalue weighted by Gasteiger charge is 2.35. The lowest BCUT2D eigenvalue weighted by atomic mass is 9.91. The molecule has 1 aliphatic heterocycles. The van der Waals surface area contributed by atoms with Crippen molar-refractivity contribution in [2.24, 2.45) is 0 Å². The first-order valence-electron chi connectivity index (χ1n) is 12.0. The summed E-state index contributed by atoms with van der Waals surface area (Å²) in [6.07, 6.45) is 8.82. The van der Waals surface area contributed by atoms with Crippen LogP contribution in [-0.4, -0.2) is 72.5 Å². The largest absolute Gasteiger partial charge is 0.490 e. The van der Waals surface area contributed by atoms with E-state index in [9.17, 15) is 4.79 Å². The molecule has 1 atom stereocenters.